The summed E-state index contributed by atoms with van der Waals surface area (Å²) in [4.78, 5) is 0. The summed E-state index contributed by atoms with van der Waals surface area (Å²) in [5, 5.41) is 17.2. The highest BCUT2D eigenvalue weighted by molar-refractivity contribution is 6.09. The number of para-hydroxylation sites is 1. The van der Waals surface area contributed by atoms with Crippen LogP contribution in [0.5, 0.6) is 11.5 Å². The Hall–Kier alpha value is -3.94. The zero-order valence-corrected chi connectivity index (χ0v) is 18.1. The average Bonchev–Trinajstić information content (AvgIpc) is 3.12. The first-order valence-electron chi connectivity index (χ1n) is 9.94. The molecule has 2 heterocycles. The van der Waals surface area contributed by atoms with Crippen LogP contribution in [0.3, 0.4) is 0 Å². The summed E-state index contributed by atoms with van der Waals surface area (Å²) < 4.78 is 12.7. The normalized spacial score (nSPS) is 10.8. The molecule has 0 fully saturated rings. The van der Waals surface area contributed by atoms with Gasteiger partial charge < -0.3 is 25.8 Å². The Bertz CT molecular complexity index is 1220. The number of nitrogens with zero attached hydrogens (tertiary/aromatic N) is 3. The molecule has 0 saturated carbocycles. The molecular weight excluding hydrogens is 392 g/mol. The monoisotopic (exact) mass is 418 g/mol. The molecule has 2 aromatic carbocycles. The molecule has 4 N–H and O–H groups in total. The SMILES string of the molecule is CNc1c2c(NCc3ccccc3OC)nnc(C)c2c(N)n1-c1ccc(OC)cc1. The smallest absolute Gasteiger partial charge is 0.160 e. The van der Waals surface area contributed by atoms with E-state index in [0.717, 1.165) is 45.0 Å². The number of anilines is 3. The highest BCUT2D eigenvalue weighted by Crippen LogP contribution is 2.40. The first-order chi connectivity index (χ1) is 15.1. The molecule has 0 bridgehead atoms. The third kappa shape index (κ3) is 3.56. The van der Waals surface area contributed by atoms with Crippen molar-refractivity contribution in [1.29, 1.82) is 0 Å². The van der Waals surface area contributed by atoms with Crippen LogP contribution in [0.15, 0.2) is 48.5 Å². The van der Waals surface area contributed by atoms with Crippen LogP contribution in [0.2, 0.25) is 0 Å². The first-order valence-corrected chi connectivity index (χ1v) is 9.94. The molecule has 0 amide bonds. The molecule has 8 heteroatoms. The van der Waals surface area contributed by atoms with Crippen LogP contribution in [0.25, 0.3) is 16.5 Å². The number of aryl methyl sites for hydroxylation is 1. The molecule has 160 valence electrons. The van der Waals surface area contributed by atoms with E-state index in [-0.39, 0.29) is 0 Å². The zero-order chi connectivity index (χ0) is 22.0. The van der Waals surface area contributed by atoms with Crippen LogP contribution in [-0.2, 0) is 6.54 Å². The molecule has 0 atom stereocenters. The van der Waals surface area contributed by atoms with E-state index >= 15 is 0 Å². The minimum atomic E-state index is 0.535. The maximum absolute atomic E-state index is 6.62. The standard InChI is InChI=1S/C23H26N6O2/c1-14-19-20(22(28-27-14)26-13-15-7-5-6-8-18(15)31-4)23(25-2)29(21(19)24)16-9-11-17(30-3)12-10-16/h5-12,25H,13,24H2,1-4H3,(H,26,28). The summed E-state index contributed by atoms with van der Waals surface area (Å²) in [6.45, 7) is 2.45. The van der Waals surface area contributed by atoms with Crippen molar-refractivity contribution in [3.63, 3.8) is 0 Å². The summed E-state index contributed by atoms with van der Waals surface area (Å²) in [6.07, 6.45) is 0. The summed E-state index contributed by atoms with van der Waals surface area (Å²) in [5.74, 6) is 3.67. The van der Waals surface area contributed by atoms with E-state index in [4.69, 9.17) is 15.2 Å². The van der Waals surface area contributed by atoms with Gasteiger partial charge in [0.2, 0.25) is 0 Å². The van der Waals surface area contributed by atoms with Crippen molar-refractivity contribution in [2.24, 2.45) is 0 Å². The van der Waals surface area contributed by atoms with Crippen molar-refractivity contribution in [3.8, 4) is 17.2 Å². The lowest BCUT2D eigenvalue weighted by Crippen LogP contribution is -2.06. The minimum absolute atomic E-state index is 0.535. The molecule has 0 saturated heterocycles. The van der Waals surface area contributed by atoms with E-state index in [1.807, 2.05) is 67.1 Å². The largest absolute Gasteiger partial charge is 0.497 e. The number of nitrogens with one attached hydrogen (secondary N) is 2. The molecular formula is C23H26N6O2. The van der Waals surface area contributed by atoms with Crippen molar-refractivity contribution in [1.82, 2.24) is 14.8 Å². The van der Waals surface area contributed by atoms with Gasteiger partial charge in [-0.15, -0.1) is 5.10 Å². The van der Waals surface area contributed by atoms with Gasteiger partial charge in [0.25, 0.3) is 0 Å². The third-order valence-electron chi connectivity index (χ3n) is 5.31. The summed E-state index contributed by atoms with van der Waals surface area (Å²) in [5.41, 5.74) is 9.31. The summed E-state index contributed by atoms with van der Waals surface area (Å²) in [6, 6.07) is 15.6. The topological polar surface area (TPSA) is 99.3 Å². The van der Waals surface area contributed by atoms with Gasteiger partial charge in [-0.2, -0.15) is 5.10 Å². The van der Waals surface area contributed by atoms with Crippen molar-refractivity contribution >= 4 is 28.2 Å². The number of aromatic nitrogens is 3. The van der Waals surface area contributed by atoms with Gasteiger partial charge in [0.1, 0.15) is 23.1 Å². The number of fused-ring (bicyclic) bond motifs is 1. The molecule has 2 aromatic heterocycles. The molecule has 8 nitrogen and oxygen atoms in total. The van der Waals surface area contributed by atoms with Gasteiger partial charge in [0.05, 0.1) is 30.7 Å². The summed E-state index contributed by atoms with van der Waals surface area (Å²) >= 11 is 0. The number of methoxy groups -OCH3 is 2. The Morgan fingerprint density at radius 3 is 2.39 bits per heavy atom. The van der Waals surface area contributed by atoms with Crippen molar-refractivity contribution in [3.05, 3.63) is 59.8 Å². The Morgan fingerprint density at radius 2 is 1.71 bits per heavy atom. The number of benzene rings is 2. The van der Waals surface area contributed by atoms with Gasteiger partial charge in [-0.1, -0.05) is 18.2 Å². The predicted molar refractivity (Wildman–Crippen MR) is 124 cm³/mol. The molecule has 0 unspecified atom stereocenters. The van der Waals surface area contributed by atoms with E-state index in [1.54, 1.807) is 14.2 Å². The molecule has 31 heavy (non-hydrogen) atoms. The van der Waals surface area contributed by atoms with Gasteiger partial charge in [-0.05, 0) is 37.3 Å². The molecule has 0 aliphatic heterocycles. The van der Waals surface area contributed by atoms with E-state index in [2.05, 4.69) is 20.8 Å². The molecule has 4 rings (SSSR count). The highest BCUT2D eigenvalue weighted by atomic mass is 16.5. The fourth-order valence-corrected chi connectivity index (χ4v) is 3.80. The Balaban J connectivity index is 1.83. The van der Waals surface area contributed by atoms with Crippen molar-refractivity contribution < 1.29 is 9.47 Å². The summed E-state index contributed by atoms with van der Waals surface area (Å²) in [7, 11) is 5.18. The van der Waals surface area contributed by atoms with Crippen LogP contribution in [-0.4, -0.2) is 36.0 Å². The molecule has 0 radical (unpaired) electrons. The number of rotatable bonds is 7. The zero-order valence-electron chi connectivity index (χ0n) is 18.1. The fraction of sp³-hybridized carbons (Fsp3) is 0.217. The predicted octanol–water partition coefficient (Wildman–Crippen LogP) is 3.98. The molecule has 0 aliphatic carbocycles. The second kappa shape index (κ2) is 8.43. The Kier molecular flexibility index (Phi) is 5.53. The van der Waals surface area contributed by atoms with E-state index in [1.165, 1.54) is 0 Å². The van der Waals surface area contributed by atoms with Crippen molar-refractivity contribution in [2.45, 2.75) is 13.5 Å². The van der Waals surface area contributed by atoms with Gasteiger partial charge >= 0.3 is 0 Å². The second-order valence-electron chi connectivity index (χ2n) is 7.07. The van der Waals surface area contributed by atoms with Crippen LogP contribution < -0.4 is 25.8 Å². The highest BCUT2D eigenvalue weighted by Gasteiger charge is 2.22. The van der Waals surface area contributed by atoms with Crippen LogP contribution >= 0.6 is 0 Å². The minimum Gasteiger partial charge on any atom is -0.497 e. The number of hydrogen-bond donors (Lipinski definition) is 3. The van der Waals surface area contributed by atoms with Crippen LogP contribution in [0.4, 0.5) is 17.5 Å². The number of hydrogen-bond acceptors (Lipinski definition) is 7. The lowest BCUT2D eigenvalue weighted by atomic mass is 10.2. The number of nitrogen functional groups attached to an aromatic ring is 1. The van der Waals surface area contributed by atoms with Gasteiger partial charge in [-0.25, -0.2) is 0 Å². The fourth-order valence-electron chi connectivity index (χ4n) is 3.80. The lowest BCUT2D eigenvalue weighted by Gasteiger charge is -2.13. The molecule has 0 aliphatic rings. The molecule has 4 aromatic rings. The van der Waals surface area contributed by atoms with E-state index < -0.39 is 0 Å². The molecule has 0 spiro atoms. The first kappa shape index (κ1) is 20.3. The second-order valence-corrected chi connectivity index (χ2v) is 7.07. The van der Waals surface area contributed by atoms with Gasteiger partial charge in [0, 0.05) is 24.8 Å². The quantitative estimate of drug-likeness (QED) is 0.417. The Morgan fingerprint density at radius 1 is 0.968 bits per heavy atom. The third-order valence-corrected chi connectivity index (χ3v) is 5.31. The van der Waals surface area contributed by atoms with Gasteiger partial charge in [0.15, 0.2) is 5.82 Å². The van der Waals surface area contributed by atoms with Crippen molar-refractivity contribution in [2.75, 3.05) is 37.6 Å². The Labute approximate surface area is 181 Å². The average molecular weight is 419 g/mol. The van der Waals surface area contributed by atoms with Crippen LogP contribution in [0, 0.1) is 6.92 Å². The maximum atomic E-state index is 6.62. The van der Waals surface area contributed by atoms with E-state index in [9.17, 15) is 0 Å². The van der Waals surface area contributed by atoms with Gasteiger partial charge in [-0.3, -0.25) is 4.57 Å². The van der Waals surface area contributed by atoms with E-state index in [0.29, 0.717) is 18.2 Å². The van der Waals surface area contributed by atoms with Crippen LogP contribution in [0.1, 0.15) is 11.3 Å². The maximum Gasteiger partial charge on any atom is 0.160 e. The lowest BCUT2D eigenvalue weighted by molar-refractivity contribution is 0.410. The number of nitrogens with two attached hydrogens (primary N) is 1. The number of ether oxygens (including phenoxy) is 2.